The van der Waals surface area contributed by atoms with Crippen LogP contribution in [0.25, 0.3) is 0 Å². The monoisotopic (exact) mass is 287 g/mol. The summed E-state index contributed by atoms with van der Waals surface area (Å²) in [7, 11) is -2.92. The van der Waals surface area contributed by atoms with Crippen LogP contribution in [0.15, 0.2) is 4.99 Å². The molecule has 2 N–H and O–H groups in total. The first-order chi connectivity index (χ1) is 8.80. The van der Waals surface area contributed by atoms with Crippen molar-refractivity contribution in [1.82, 2.24) is 4.90 Å². The van der Waals surface area contributed by atoms with Crippen molar-refractivity contribution in [2.24, 2.45) is 22.1 Å². The van der Waals surface area contributed by atoms with Gasteiger partial charge in [-0.25, -0.2) is 8.42 Å². The highest BCUT2D eigenvalue weighted by molar-refractivity contribution is 7.90. The van der Waals surface area contributed by atoms with Crippen molar-refractivity contribution in [1.29, 1.82) is 0 Å². The van der Waals surface area contributed by atoms with Gasteiger partial charge in [0.15, 0.2) is 5.96 Å². The quantitative estimate of drug-likeness (QED) is 0.614. The molecule has 19 heavy (non-hydrogen) atoms. The average Bonchev–Trinajstić information content (AvgIpc) is 3.05. The van der Waals surface area contributed by atoms with Crippen molar-refractivity contribution in [3.8, 4) is 0 Å². The number of guanidine groups is 1. The minimum absolute atomic E-state index is 0.124. The van der Waals surface area contributed by atoms with Crippen LogP contribution in [0.1, 0.15) is 32.6 Å². The molecule has 2 rings (SSSR count). The molecule has 0 aromatic heterocycles. The van der Waals surface area contributed by atoms with Gasteiger partial charge in [-0.1, -0.05) is 6.92 Å². The third-order valence-electron chi connectivity index (χ3n) is 4.21. The van der Waals surface area contributed by atoms with Crippen molar-refractivity contribution >= 4 is 15.8 Å². The van der Waals surface area contributed by atoms with Crippen LogP contribution in [-0.4, -0.2) is 50.9 Å². The second-order valence-electron chi connectivity index (χ2n) is 6.41. The molecule has 1 heterocycles. The largest absolute Gasteiger partial charge is 0.370 e. The van der Waals surface area contributed by atoms with Crippen molar-refractivity contribution in [2.45, 2.75) is 32.6 Å². The normalized spacial score (nSPS) is 24.5. The average molecular weight is 287 g/mol. The molecule has 6 heteroatoms. The van der Waals surface area contributed by atoms with E-state index in [4.69, 9.17) is 5.73 Å². The molecule has 1 aliphatic carbocycles. The van der Waals surface area contributed by atoms with Crippen molar-refractivity contribution < 1.29 is 8.42 Å². The fraction of sp³-hybridized carbons (Fsp3) is 0.923. The molecule has 0 spiro atoms. The summed E-state index contributed by atoms with van der Waals surface area (Å²) in [5.41, 5.74) is 5.90. The smallest absolute Gasteiger partial charge is 0.191 e. The summed E-state index contributed by atoms with van der Waals surface area (Å²) < 4.78 is 22.8. The molecular weight excluding hydrogens is 262 g/mol. The molecule has 0 aromatic carbocycles. The molecule has 110 valence electrons. The van der Waals surface area contributed by atoms with Gasteiger partial charge < -0.3 is 10.6 Å². The lowest BCUT2D eigenvalue weighted by atomic mass is 10.00. The molecule has 0 amide bonds. The first-order valence-corrected chi connectivity index (χ1v) is 9.08. The Balaban J connectivity index is 1.88. The number of hydrogen-bond acceptors (Lipinski definition) is 3. The zero-order valence-corrected chi connectivity index (χ0v) is 12.7. The predicted molar refractivity (Wildman–Crippen MR) is 77.8 cm³/mol. The summed E-state index contributed by atoms with van der Waals surface area (Å²) in [6.45, 7) is 4.75. The van der Waals surface area contributed by atoms with Crippen LogP contribution < -0.4 is 5.73 Å². The van der Waals surface area contributed by atoms with Crippen LogP contribution in [0.4, 0.5) is 0 Å². The summed E-state index contributed by atoms with van der Waals surface area (Å²) in [5.74, 6) is 1.60. The van der Waals surface area contributed by atoms with E-state index in [9.17, 15) is 8.42 Å². The van der Waals surface area contributed by atoms with E-state index in [-0.39, 0.29) is 11.2 Å². The fourth-order valence-electron chi connectivity index (χ4n) is 2.67. The van der Waals surface area contributed by atoms with Gasteiger partial charge in [-0.3, -0.25) is 4.99 Å². The lowest BCUT2D eigenvalue weighted by Gasteiger charge is -2.31. The standard InChI is InChI=1S/C13H25N3O2S/c1-11-3-7-16(8-4-11)12(14)15-9-13(5-6-13)10-19(2,17)18/h11H,3-10H2,1-2H3,(H2,14,15). The third kappa shape index (κ3) is 4.37. The Labute approximate surface area is 116 Å². The number of nitrogens with two attached hydrogens (primary N) is 1. The zero-order chi connectivity index (χ0) is 14.1. The van der Waals surface area contributed by atoms with E-state index in [1.165, 1.54) is 6.26 Å². The highest BCUT2D eigenvalue weighted by Gasteiger charge is 2.45. The van der Waals surface area contributed by atoms with Crippen LogP contribution in [0.5, 0.6) is 0 Å². The first-order valence-electron chi connectivity index (χ1n) is 7.02. The van der Waals surface area contributed by atoms with Crippen LogP contribution >= 0.6 is 0 Å². The highest BCUT2D eigenvalue weighted by Crippen LogP contribution is 2.46. The maximum absolute atomic E-state index is 11.4. The van der Waals surface area contributed by atoms with Gasteiger partial charge in [0.1, 0.15) is 9.84 Å². The van der Waals surface area contributed by atoms with Crippen molar-refractivity contribution in [3.63, 3.8) is 0 Å². The van der Waals surface area contributed by atoms with E-state index < -0.39 is 9.84 Å². The summed E-state index contributed by atoms with van der Waals surface area (Å²) in [4.78, 5) is 6.57. The number of hydrogen-bond donors (Lipinski definition) is 1. The van der Waals surface area contributed by atoms with Crippen LogP contribution in [-0.2, 0) is 9.84 Å². The molecule has 2 aliphatic rings. The van der Waals surface area contributed by atoms with Gasteiger partial charge in [0, 0.05) is 31.3 Å². The first kappa shape index (κ1) is 14.6. The van der Waals surface area contributed by atoms with Crippen molar-refractivity contribution in [3.05, 3.63) is 0 Å². The fourth-order valence-corrected chi connectivity index (χ4v) is 4.16. The minimum Gasteiger partial charge on any atom is -0.370 e. The van der Waals surface area contributed by atoms with E-state index in [0.717, 1.165) is 44.7 Å². The lowest BCUT2D eigenvalue weighted by Crippen LogP contribution is -2.42. The van der Waals surface area contributed by atoms with Gasteiger partial charge >= 0.3 is 0 Å². The molecule has 1 saturated heterocycles. The molecule has 0 aromatic rings. The maximum Gasteiger partial charge on any atom is 0.191 e. The molecule has 5 nitrogen and oxygen atoms in total. The Morgan fingerprint density at radius 1 is 1.37 bits per heavy atom. The molecule has 1 aliphatic heterocycles. The Morgan fingerprint density at radius 3 is 2.42 bits per heavy atom. The van der Waals surface area contributed by atoms with E-state index in [0.29, 0.717) is 12.5 Å². The number of rotatable bonds is 4. The number of likely N-dealkylation sites (tertiary alicyclic amines) is 1. The van der Waals surface area contributed by atoms with Gasteiger partial charge in [-0.05, 0) is 31.6 Å². The lowest BCUT2D eigenvalue weighted by molar-refractivity contribution is 0.277. The second kappa shape index (κ2) is 5.31. The highest BCUT2D eigenvalue weighted by atomic mass is 32.2. The number of sulfone groups is 1. The predicted octanol–water partition coefficient (Wildman–Crippen LogP) is 0.858. The Hall–Kier alpha value is -0.780. The second-order valence-corrected chi connectivity index (χ2v) is 8.55. The maximum atomic E-state index is 11.4. The Kier molecular flexibility index (Phi) is 4.08. The third-order valence-corrected chi connectivity index (χ3v) is 5.35. The van der Waals surface area contributed by atoms with Gasteiger partial charge in [-0.15, -0.1) is 0 Å². The van der Waals surface area contributed by atoms with Crippen LogP contribution in [0.3, 0.4) is 0 Å². The molecule has 0 unspecified atom stereocenters. The van der Waals surface area contributed by atoms with Gasteiger partial charge in [0.2, 0.25) is 0 Å². The summed E-state index contributed by atoms with van der Waals surface area (Å²) in [5, 5.41) is 0. The van der Waals surface area contributed by atoms with Crippen LogP contribution in [0.2, 0.25) is 0 Å². The Bertz CT molecular complexity index is 447. The van der Waals surface area contributed by atoms with Gasteiger partial charge in [0.25, 0.3) is 0 Å². The van der Waals surface area contributed by atoms with Crippen molar-refractivity contribution in [2.75, 3.05) is 31.6 Å². The summed E-state index contributed by atoms with van der Waals surface area (Å²) in [6.07, 6.45) is 5.52. The molecule has 1 saturated carbocycles. The molecule has 0 bridgehead atoms. The van der Waals surface area contributed by atoms with E-state index >= 15 is 0 Å². The van der Waals surface area contributed by atoms with E-state index in [1.54, 1.807) is 0 Å². The SMILES string of the molecule is CC1CCN(C(N)=NCC2(CS(C)(=O)=O)CC2)CC1. The number of aliphatic imine (C=N–C) groups is 1. The topological polar surface area (TPSA) is 75.8 Å². The molecule has 2 fully saturated rings. The molecule has 0 radical (unpaired) electrons. The zero-order valence-electron chi connectivity index (χ0n) is 11.9. The Morgan fingerprint density at radius 2 is 1.95 bits per heavy atom. The number of nitrogens with zero attached hydrogens (tertiary/aromatic N) is 2. The summed E-state index contributed by atoms with van der Waals surface area (Å²) >= 11 is 0. The molecule has 0 atom stereocenters. The van der Waals surface area contributed by atoms with Crippen LogP contribution in [0, 0.1) is 11.3 Å². The van der Waals surface area contributed by atoms with E-state index in [2.05, 4.69) is 16.8 Å². The summed E-state index contributed by atoms with van der Waals surface area (Å²) in [6, 6.07) is 0. The van der Waals surface area contributed by atoms with Gasteiger partial charge in [-0.2, -0.15) is 0 Å². The van der Waals surface area contributed by atoms with E-state index in [1.807, 2.05) is 0 Å². The number of piperidine rings is 1. The molecular formula is C13H25N3O2S. The minimum atomic E-state index is -2.92. The van der Waals surface area contributed by atoms with Gasteiger partial charge in [0.05, 0.1) is 5.75 Å².